The van der Waals surface area contributed by atoms with E-state index in [-0.39, 0.29) is 30.3 Å². The SMILES string of the molecule is COCCOc1ccc(C(F)(F)F)cc1NCC(=O)Nc1ccc(C(F)(F)F)cc1. The lowest BCUT2D eigenvalue weighted by Crippen LogP contribution is -2.22. The average molecular weight is 436 g/mol. The Bertz CT molecular complexity index is 851. The van der Waals surface area contributed by atoms with Crippen LogP contribution in [0.2, 0.25) is 0 Å². The summed E-state index contributed by atoms with van der Waals surface area (Å²) in [5, 5.41) is 4.91. The zero-order chi connectivity index (χ0) is 22.4. The number of rotatable bonds is 8. The third kappa shape index (κ3) is 6.83. The molecule has 0 saturated heterocycles. The van der Waals surface area contributed by atoms with Gasteiger partial charge in [0.05, 0.1) is 30.0 Å². The Labute approximate surface area is 168 Å². The zero-order valence-electron chi connectivity index (χ0n) is 15.7. The van der Waals surface area contributed by atoms with Crippen molar-refractivity contribution in [2.75, 3.05) is 37.5 Å². The molecule has 0 aliphatic heterocycles. The number of ether oxygens (including phenoxy) is 2. The molecule has 0 aliphatic carbocycles. The average Bonchev–Trinajstić information content (AvgIpc) is 2.66. The normalized spacial score (nSPS) is 11.8. The highest BCUT2D eigenvalue weighted by atomic mass is 19.4. The van der Waals surface area contributed by atoms with Crippen molar-refractivity contribution in [2.24, 2.45) is 0 Å². The molecule has 0 unspecified atom stereocenters. The molecule has 11 heteroatoms. The van der Waals surface area contributed by atoms with Crippen LogP contribution in [-0.4, -0.2) is 32.8 Å². The van der Waals surface area contributed by atoms with Crippen LogP contribution in [0.1, 0.15) is 11.1 Å². The third-order valence-corrected chi connectivity index (χ3v) is 3.79. The lowest BCUT2D eigenvalue weighted by molar-refractivity contribution is -0.138. The Kier molecular flexibility index (Phi) is 7.54. The maximum atomic E-state index is 13.0. The Morgan fingerprint density at radius 1 is 0.900 bits per heavy atom. The number of alkyl halides is 6. The van der Waals surface area contributed by atoms with E-state index in [1.165, 1.54) is 7.11 Å². The molecule has 1 amide bonds. The fraction of sp³-hybridized carbons (Fsp3) is 0.316. The van der Waals surface area contributed by atoms with Crippen LogP contribution in [0.5, 0.6) is 5.75 Å². The third-order valence-electron chi connectivity index (χ3n) is 3.79. The van der Waals surface area contributed by atoms with E-state index in [1.807, 2.05) is 0 Å². The topological polar surface area (TPSA) is 59.6 Å². The van der Waals surface area contributed by atoms with Gasteiger partial charge in [0.25, 0.3) is 0 Å². The summed E-state index contributed by atoms with van der Waals surface area (Å²) < 4.78 is 86.7. The molecule has 0 atom stereocenters. The molecule has 0 radical (unpaired) electrons. The van der Waals surface area contributed by atoms with Crippen molar-refractivity contribution >= 4 is 17.3 Å². The number of nitrogens with one attached hydrogen (secondary N) is 2. The molecule has 2 aromatic rings. The van der Waals surface area contributed by atoms with Gasteiger partial charge in [-0.05, 0) is 42.5 Å². The molecule has 2 aromatic carbocycles. The van der Waals surface area contributed by atoms with Crippen LogP contribution in [0.15, 0.2) is 42.5 Å². The molecule has 2 rings (SSSR count). The van der Waals surface area contributed by atoms with Gasteiger partial charge >= 0.3 is 12.4 Å². The number of carbonyl (C=O) groups is 1. The largest absolute Gasteiger partial charge is 0.489 e. The van der Waals surface area contributed by atoms with Crippen LogP contribution < -0.4 is 15.4 Å². The van der Waals surface area contributed by atoms with E-state index in [0.717, 1.165) is 42.5 Å². The van der Waals surface area contributed by atoms with Gasteiger partial charge in [-0.25, -0.2) is 0 Å². The van der Waals surface area contributed by atoms with Crippen molar-refractivity contribution < 1.29 is 40.6 Å². The van der Waals surface area contributed by atoms with Crippen LogP contribution >= 0.6 is 0 Å². The first-order valence-corrected chi connectivity index (χ1v) is 8.54. The van der Waals surface area contributed by atoms with Crippen molar-refractivity contribution in [3.05, 3.63) is 53.6 Å². The number of anilines is 2. The van der Waals surface area contributed by atoms with Crippen LogP contribution in [0.4, 0.5) is 37.7 Å². The van der Waals surface area contributed by atoms with Crippen LogP contribution in [0.25, 0.3) is 0 Å². The lowest BCUT2D eigenvalue weighted by Gasteiger charge is -2.16. The lowest BCUT2D eigenvalue weighted by atomic mass is 10.1. The smallest absolute Gasteiger partial charge is 0.416 e. The van der Waals surface area contributed by atoms with Gasteiger partial charge in [0.15, 0.2) is 0 Å². The van der Waals surface area contributed by atoms with Crippen molar-refractivity contribution in [3.8, 4) is 5.75 Å². The summed E-state index contributed by atoms with van der Waals surface area (Å²) in [6.45, 7) is -0.161. The minimum Gasteiger partial charge on any atom is -0.489 e. The number of hydrogen-bond acceptors (Lipinski definition) is 4. The number of halogens is 6. The summed E-state index contributed by atoms with van der Waals surface area (Å²) in [5.74, 6) is -0.586. The van der Waals surface area contributed by atoms with Crippen molar-refractivity contribution in [3.63, 3.8) is 0 Å². The first-order chi connectivity index (χ1) is 14.0. The van der Waals surface area contributed by atoms with Gasteiger partial charge in [-0.1, -0.05) is 0 Å². The summed E-state index contributed by atoms with van der Waals surface area (Å²) >= 11 is 0. The highest BCUT2D eigenvalue weighted by Gasteiger charge is 2.31. The van der Waals surface area contributed by atoms with Crippen LogP contribution in [-0.2, 0) is 21.9 Å². The molecule has 30 heavy (non-hydrogen) atoms. The maximum Gasteiger partial charge on any atom is 0.416 e. The summed E-state index contributed by atoms with van der Waals surface area (Å²) in [4.78, 5) is 12.0. The standard InChI is InChI=1S/C19H18F6N2O3/c1-29-8-9-30-16-7-4-13(19(23,24)25)10-15(16)26-11-17(28)27-14-5-2-12(3-6-14)18(20,21)22/h2-7,10,26H,8-9,11H2,1H3,(H,27,28). The van der Waals surface area contributed by atoms with Gasteiger partial charge < -0.3 is 20.1 Å². The predicted octanol–water partition coefficient (Wildman–Crippen LogP) is 4.80. The number of hydrogen-bond donors (Lipinski definition) is 2. The van der Waals surface area contributed by atoms with Crippen molar-refractivity contribution in [2.45, 2.75) is 12.4 Å². The molecule has 0 fully saturated rings. The second-order valence-corrected chi connectivity index (χ2v) is 6.03. The molecular formula is C19H18F6N2O3. The first kappa shape index (κ1) is 23.3. The second kappa shape index (κ2) is 9.70. The monoisotopic (exact) mass is 436 g/mol. The highest BCUT2D eigenvalue weighted by molar-refractivity contribution is 5.94. The van der Waals surface area contributed by atoms with Gasteiger partial charge in [0.2, 0.25) is 5.91 Å². The molecule has 164 valence electrons. The van der Waals surface area contributed by atoms with E-state index in [2.05, 4.69) is 10.6 Å². The number of methoxy groups -OCH3 is 1. The Balaban J connectivity index is 2.05. The van der Waals surface area contributed by atoms with Gasteiger partial charge in [-0.3, -0.25) is 4.79 Å². The maximum absolute atomic E-state index is 13.0. The molecular weight excluding hydrogens is 418 g/mol. The first-order valence-electron chi connectivity index (χ1n) is 8.54. The Hall–Kier alpha value is -2.95. The second-order valence-electron chi connectivity index (χ2n) is 6.03. The van der Waals surface area contributed by atoms with E-state index in [1.54, 1.807) is 0 Å². The summed E-state index contributed by atoms with van der Waals surface area (Å²) in [6.07, 6.45) is -9.10. The number of benzene rings is 2. The minimum atomic E-state index is -4.59. The highest BCUT2D eigenvalue weighted by Crippen LogP contribution is 2.35. The van der Waals surface area contributed by atoms with E-state index in [9.17, 15) is 31.1 Å². The molecule has 0 aromatic heterocycles. The predicted molar refractivity (Wildman–Crippen MR) is 97.4 cm³/mol. The molecule has 2 N–H and O–H groups in total. The number of amides is 1. The Morgan fingerprint density at radius 3 is 2.07 bits per heavy atom. The van der Waals surface area contributed by atoms with E-state index in [0.29, 0.717) is 0 Å². The van der Waals surface area contributed by atoms with Gasteiger partial charge in [-0.15, -0.1) is 0 Å². The molecule has 0 bridgehead atoms. The van der Waals surface area contributed by atoms with Crippen LogP contribution in [0, 0.1) is 0 Å². The van der Waals surface area contributed by atoms with Crippen LogP contribution in [0.3, 0.4) is 0 Å². The quantitative estimate of drug-likeness (QED) is 0.461. The van der Waals surface area contributed by atoms with E-state index in [4.69, 9.17) is 9.47 Å². The van der Waals surface area contributed by atoms with Gasteiger partial charge in [0.1, 0.15) is 12.4 Å². The molecule has 5 nitrogen and oxygen atoms in total. The van der Waals surface area contributed by atoms with E-state index < -0.39 is 35.9 Å². The fourth-order valence-corrected chi connectivity index (χ4v) is 2.33. The number of carbonyl (C=O) groups excluding carboxylic acids is 1. The minimum absolute atomic E-state index is 0.0662. The Morgan fingerprint density at radius 2 is 1.50 bits per heavy atom. The van der Waals surface area contributed by atoms with E-state index >= 15 is 0 Å². The van der Waals surface area contributed by atoms with Crippen molar-refractivity contribution in [1.82, 2.24) is 0 Å². The molecule has 0 aliphatic rings. The van der Waals surface area contributed by atoms with Gasteiger partial charge in [-0.2, -0.15) is 26.3 Å². The fourth-order valence-electron chi connectivity index (χ4n) is 2.33. The zero-order valence-corrected chi connectivity index (χ0v) is 15.7. The molecule has 0 saturated carbocycles. The summed E-state index contributed by atoms with van der Waals surface area (Å²) in [6, 6.07) is 6.52. The summed E-state index contributed by atoms with van der Waals surface area (Å²) in [7, 11) is 1.43. The van der Waals surface area contributed by atoms with Crippen molar-refractivity contribution in [1.29, 1.82) is 0 Å². The summed E-state index contributed by atoms with van der Waals surface area (Å²) in [5.41, 5.74) is -1.77. The van der Waals surface area contributed by atoms with Gasteiger partial charge in [0, 0.05) is 12.8 Å². The molecule has 0 heterocycles. The molecule has 0 spiro atoms.